The molecule has 0 aliphatic heterocycles. The summed E-state index contributed by atoms with van der Waals surface area (Å²) in [5.74, 6) is 0. The van der Waals surface area contributed by atoms with Crippen LogP contribution in [0.3, 0.4) is 0 Å². The fourth-order valence-electron chi connectivity index (χ4n) is 2.98. The van der Waals surface area contributed by atoms with Gasteiger partial charge in [-0.15, -0.1) is 0 Å². The Hall–Kier alpha value is -2.68. The molecule has 0 heterocycles. The second-order valence-electron chi connectivity index (χ2n) is 6.38. The van der Waals surface area contributed by atoms with Gasteiger partial charge < -0.3 is 9.84 Å². The summed E-state index contributed by atoms with van der Waals surface area (Å²) in [7, 11) is 0. The molecule has 0 aromatic heterocycles. The second kappa shape index (κ2) is 9.14. The van der Waals surface area contributed by atoms with Crippen LogP contribution in [0, 0.1) is 0 Å². The molecule has 0 spiro atoms. The molecule has 0 aliphatic rings. The van der Waals surface area contributed by atoms with Gasteiger partial charge in [-0.3, -0.25) is 0 Å². The van der Waals surface area contributed by atoms with E-state index in [0.29, 0.717) is 13.0 Å². The summed E-state index contributed by atoms with van der Waals surface area (Å²) in [6.07, 6.45) is -0.386. The average molecular weight is 344 g/mol. The standard InChI is InChI=1S/C24H24O2/c1-19(17-23(25)21-13-7-3-8-14-21)24(22-15-9-4-10-16-22)26-18-20-11-5-2-6-12-20/h2-16,23-25H,1,17-18H2/t23-,24+/m1/s1. The fraction of sp³-hybridized carbons (Fsp3) is 0.167. The van der Waals surface area contributed by atoms with Crippen molar-refractivity contribution in [3.63, 3.8) is 0 Å². The first kappa shape index (κ1) is 18.1. The Morgan fingerprint density at radius 2 is 1.27 bits per heavy atom. The van der Waals surface area contributed by atoms with Crippen LogP contribution >= 0.6 is 0 Å². The zero-order valence-corrected chi connectivity index (χ0v) is 14.8. The van der Waals surface area contributed by atoms with Gasteiger partial charge in [0.2, 0.25) is 0 Å². The lowest BCUT2D eigenvalue weighted by atomic mass is 9.95. The molecule has 2 nitrogen and oxygen atoms in total. The zero-order chi connectivity index (χ0) is 18.2. The Bertz CT molecular complexity index is 797. The number of hydrogen-bond donors (Lipinski definition) is 1. The molecule has 3 aromatic rings. The summed E-state index contributed by atoms with van der Waals surface area (Å²) < 4.78 is 6.20. The van der Waals surface area contributed by atoms with Gasteiger partial charge in [0.05, 0.1) is 12.7 Å². The monoisotopic (exact) mass is 344 g/mol. The van der Waals surface area contributed by atoms with E-state index in [1.54, 1.807) is 0 Å². The topological polar surface area (TPSA) is 29.5 Å². The van der Waals surface area contributed by atoms with Crippen LogP contribution in [-0.4, -0.2) is 5.11 Å². The number of benzene rings is 3. The first-order valence-corrected chi connectivity index (χ1v) is 8.85. The highest BCUT2D eigenvalue weighted by atomic mass is 16.5. The number of hydrogen-bond acceptors (Lipinski definition) is 2. The molecule has 3 rings (SSSR count). The fourth-order valence-corrected chi connectivity index (χ4v) is 2.98. The van der Waals surface area contributed by atoms with Crippen LogP contribution in [0.25, 0.3) is 0 Å². The normalized spacial score (nSPS) is 13.1. The number of aliphatic hydroxyl groups excluding tert-OH is 1. The molecule has 3 aromatic carbocycles. The molecule has 0 saturated carbocycles. The molecule has 26 heavy (non-hydrogen) atoms. The van der Waals surface area contributed by atoms with E-state index in [1.165, 1.54) is 0 Å². The highest BCUT2D eigenvalue weighted by Gasteiger charge is 2.19. The van der Waals surface area contributed by atoms with Crippen LogP contribution in [0.2, 0.25) is 0 Å². The lowest BCUT2D eigenvalue weighted by Crippen LogP contribution is -2.10. The van der Waals surface area contributed by atoms with E-state index < -0.39 is 6.10 Å². The molecule has 0 saturated heterocycles. The Labute approximate surface area is 155 Å². The minimum Gasteiger partial charge on any atom is -0.388 e. The molecule has 0 radical (unpaired) electrons. The largest absolute Gasteiger partial charge is 0.388 e. The van der Waals surface area contributed by atoms with Crippen molar-refractivity contribution in [2.45, 2.75) is 25.2 Å². The third-order valence-corrected chi connectivity index (χ3v) is 4.37. The maximum absolute atomic E-state index is 10.6. The van der Waals surface area contributed by atoms with Crippen molar-refractivity contribution in [1.29, 1.82) is 0 Å². The van der Waals surface area contributed by atoms with Gasteiger partial charge in [0, 0.05) is 6.42 Å². The summed E-state index contributed by atoms with van der Waals surface area (Å²) >= 11 is 0. The number of aliphatic hydroxyl groups is 1. The van der Waals surface area contributed by atoms with Crippen LogP contribution in [0.1, 0.15) is 35.3 Å². The van der Waals surface area contributed by atoms with E-state index in [-0.39, 0.29) is 6.10 Å². The molecule has 0 fully saturated rings. The van der Waals surface area contributed by atoms with Crippen molar-refractivity contribution in [2.24, 2.45) is 0 Å². The maximum Gasteiger partial charge on any atom is 0.104 e. The van der Waals surface area contributed by atoms with E-state index in [2.05, 4.69) is 6.58 Å². The van der Waals surface area contributed by atoms with Crippen molar-refractivity contribution < 1.29 is 9.84 Å². The predicted molar refractivity (Wildman–Crippen MR) is 106 cm³/mol. The Morgan fingerprint density at radius 1 is 0.769 bits per heavy atom. The first-order valence-electron chi connectivity index (χ1n) is 8.85. The highest BCUT2D eigenvalue weighted by Crippen LogP contribution is 2.32. The molecule has 0 bridgehead atoms. The number of rotatable bonds is 8. The van der Waals surface area contributed by atoms with Crippen LogP contribution in [0.4, 0.5) is 0 Å². The van der Waals surface area contributed by atoms with Gasteiger partial charge in [0.25, 0.3) is 0 Å². The molecular weight excluding hydrogens is 320 g/mol. The van der Waals surface area contributed by atoms with Gasteiger partial charge in [0.1, 0.15) is 6.10 Å². The molecule has 0 aliphatic carbocycles. The van der Waals surface area contributed by atoms with E-state index in [9.17, 15) is 5.11 Å². The van der Waals surface area contributed by atoms with Gasteiger partial charge in [-0.25, -0.2) is 0 Å². The quantitative estimate of drug-likeness (QED) is 0.537. The lowest BCUT2D eigenvalue weighted by Gasteiger charge is -2.23. The zero-order valence-electron chi connectivity index (χ0n) is 14.8. The van der Waals surface area contributed by atoms with Gasteiger partial charge in [-0.1, -0.05) is 97.6 Å². The molecule has 132 valence electrons. The molecule has 0 amide bonds. The van der Waals surface area contributed by atoms with E-state index in [0.717, 1.165) is 22.3 Å². The average Bonchev–Trinajstić information content (AvgIpc) is 2.70. The lowest BCUT2D eigenvalue weighted by molar-refractivity contribution is 0.0559. The van der Waals surface area contributed by atoms with Gasteiger partial charge in [0.15, 0.2) is 0 Å². The summed E-state index contributed by atoms with van der Waals surface area (Å²) in [6.45, 7) is 4.73. The molecule has 1 N–H and O–H groups in total. The minimum atomic E-state index is -0.588. The van der Waals surface area contributed by atoms with Crippen LogP contribution in [0.5, 0.6) is 0 Å². The maximum atomic E-state index is 10.6. The molecule has 0 unspecified atom stereocenters. The molecule has 2 heteroatoms. The van der Waals surface area contributed by atoms with E-state index in [4.69, 9.17) is 4.74 Å². The Balaban J connectivity index is 1.73. The third kappa shape index (κ3) is 4.92. The van der Waals surface area contributed by atoms with Crippen molar-refractivity contribution in [3.8, 4) is 0 Å². The minimum absolute atomic E-state index is 0.255. The van der Waals surface area contributed by atoms with Gasteiger partial charge in [-0.05, 0) is 22.3 Å². The van der Waals surface area contributed by atoms with Crippen LogP contribution < -0.4 is 0 Å². The molecule has 2 atom stereocenters. The third-order valence-electron chi connectivity index (χ3n) is 4.37. The SMILES string of the molecule is C=C(C[C@@H](O)c1ccccc1)[C@H](OCc1ccccc1)c1ccccc1. The van der Waals surface area contributed by atoms with Crippen LogP contribution in [-0.2, 0) is 11.3 Å². The van der Waals surface area contributed by atoms with Crippen molar-refractivity contribution in [3.05, 3.63) is 120 Å². The van der Waals surface area contributed by atoms with E-state index >= 15 is 0 Å². The highest BCUT2D eigenvalue weighted by molar-refractivity contribution is 5.27. The van der Waals surface area contributed by atoms with Gasteiger partial charge in [-0.2, -0.15) is 0 Å². The smallest absolute Gasteiger partial charge is 0.104 e. The summed E-state index contributed by atoms with van der Waals surface area (Å²) in [5.41, 5.74) is 3.92. The van der Waals surface area contributed by atoms with Crippen molar-refractivity contribution in [2.75, 3.05) is 0 Å². The summed E-state index contributed by atoms with van der Waals surface area (Å²) in [5, 5.41) is 10.6. The van der Waals surface area contributed by atoms with Crippen molar-refractivity contribution in [1.82, 2.24) is 0 Å². The van der Waals surface area contributed by atoms with Crippen molar-refractivity contribution >= 4 is 0 Å². The van der Waals surface area contributed by atoms with Crippen LogP contribution in [0.15, 0.2) is 103 Å². The first-order chi connectivity index (χ1) is 12.7. The number of ether oxygens (including phenoxy) is 1. The Kier molecular flexibility index (Phi) is 6.37. The van der Waals surface area contributed by atoms with Gasteiger partial charge >= 0.3 is 0 Å². The predicted octanol–water partition coefficient (Wildman–Crippen LogP) is 5.62. The second-order valence-corrected chi connectivity index (χ2v) is 6.38. The molecular formula is C24H24O2. The van der Waals surface area contributed by atoms with E-state index in [1.807, 2.05) is 91.0 Å². The Morgan fingerprint density at radius 3 is 1.85 bits per heavy atom. The summed E-state index contributed by atoms with van der Waals surface area (Å²) in [4.78, 5) is 0. The summed E-state index contributed by atoms with van der Waals surface area (Å²) in [6, 6.07) is 29.8.